The van der Waals surface area contributed by atoms with Crippen molar-refractivity contribution in [3.05, 3.63) is 0 Å². The topological polar surface area (TPSA) is 24.5 Å². The molecular weight excluding hydrogens is 212 g/mol. The molecule has 1 rings (SSSR count). The Labute approximate surface area is 107 Å². The van der Waals surface area contributed by atoms with Crippen LogP contribution in [0.3, 0.4) is 0 Å². The third-order valence-electron chi connectivity index (χ3n) is 4.22. The van der Waals surface area contributed by atoms with Crippen LogP contribution in [0.4, 0.5) is 0 Å². The zero-order valence-corrected chi connectivity index (χ0v) is 12.3. The van der Waals surface area contributed by atoms with E-state index in [1.807, 2.05) is 0 Å². The van der Waals surface area contributed by atoms with E-state index in [9.17, 15) is 0 Å². The molecule has 0 amide bonds. The fourth-order valence-electron chi connectivity index (χ4n) is 2.90. The van der Waals surface area contributed by atoms with Crippen LogP contribution in [0.25, 0.3) is 0 Å². The number of rotatable bonds is 6. The van der Waals surface area contributed by atoms with Gasteiger partial charge in [-0.2, -0.15) is 0 Å². The molecular formula is C14H30N2O. The minimum absolute atomic E-state index is 0.280. The molecule has 1 heterocycles. The Bertz CT molecular complexity index is 222. The van der Waals surface area contributed by atoms with Crippen LogP contribution in [0.15, 0.2) is 0 Å². The Hall–Kier alpha value is -0.120. The van der Waals surface area contributed by atoms with Gasteiger partial charge in [-0.3, -0.25) is 4.90 Å². The van der Waals surface area contributed by atoms with Crippen LogP contribution >= 0.6 is 0 Å². The fourth-order valence-corrected chi connectivity index (χ4v) is 2.90. The highest BCUT2D eigenvalue weighted by molar-refractivity contribution is 4.97. The van der Waals surface area contributed by atoms with Crippen molar-refractivity contribution in [3.8, 4) is 0 Å². The van der Waals surface area contributed by atoms with E-state index in [1.165, 1.54) is 19.3 Å². The van der Waals surface area contributed by atoms with E-state index in [1.54, 1.807) is 7.11 Å². The summed E-state index contributed by atoms with van der Waals surface area (Å²) >= 11 is 0. The summed E-state index contributed by atoms with van der Waals surface area (Å²) in [5.74, 6) is 0. The molecule has 0 spiro atoms. The van der Waals surface area contributed by atoms with Crippen LogP contribution < -0.4 is 5.32 Å². The van der Waals surface area contributed by atoms with Crippen molar-refractivity contribution in [1.29, 1.82) is 0 Å². The van der Waals surface area contributed by atoms with Gasteiger partial charge < -0.3 is 10.1 Å². The second-order valence-electron chi connectivity index (χ2n) is 5.67. The van der Waals surface area contributed by atoms with Gasteiger partial charge in [0.1, 0.15) is 0 Å². The van der Waals surface area contributed by atoms with Gasteiger partial charge in [-0.25, -0.2) is 0 Å². The highest BCUT2D eigenvalue weighted by atomic mass is 16.5. The summed E-state index contributed by atoms with van der Waals surface area (Å²) < 4.78 is 5.33. The SMILES string of the molecule is CCCC1CN(C(C)COC)C(C)(CC)CN1. The number of nitrogens with zero attached hydrogens (tertiary/aromatic N) is 1. The van der Waals surface area contributed by atoms with Crippen LogP contribution in [0.2, 0.25) is 0 Å². The van der Waals surface area contributed by atoms with E-state index in [2.05, 4.69) is 37.9 Å². The molecule has 0 bridgehead atoms. The van der Waals surface area contributed by atoms with Crippen molar-refractivity contribution in [3.63, 3.8) is 0 Å². The van der Waals surface area contributed by atoms with Gasteiger partial charge in [0.25, 0.3) is 0 Å². The second kappa shape index (κ2) is 6.72. The van der Waals surface area contributed by atoms with Crippen LogP contribution in [-0.2, 0) is 4.74 Å². The van der Waals surface area contributed by atoms with Crippen molar-refractivity contribution in [1.82, 2.24) is 10.2 Å². The molecule has 1 aliphatic heterocycles. The monoisotopic (exact) mass is 242 g/mol. The third-order valence-corrected chi connectivity index (χ3v) is 4.22. The van der Waals surface area contributed by atoms with Crippen LogP contribution in [0, 0.1) is 0 Å². The van der Waals surface area contributed by atoms with Gasteiger partial charge in [-0.05, 0) is 26.7 Å². The lowest BCUT2D eigenvalue weighted by atomic mass is 9.89. The van der Waals surface area contributed by atoms with Crippen molar-refractivity contribution in [2.75, 3.05) is 26.8 Å². The normalized spacial score (nSPS) is 32.6. The summed E-state index contributed by atoms with van der Waals surface area (Å²) in [4.78, 5) is 2.65. The van der Waals surface area contributed by atoms with Crippen molar-refractivity contribution < 1.29 is 4.74 Å². The third kappa shape index (κ3) is 3.67. The van der Waals surface area contributed by atoms with Gasteiger partial charge in [0.15, 0.2) is 0 Å². The lowest BCUT2D eigenvalue weighted by Crippen LogP contribution is -2.65. The zero-order chi connectivity index (χ0) is 12.9. The first-order valence-corrected chi connectivity index (χ1v) is 7.06. The van der Waals surface area contributed by atoms with Gasteiger partial charge in [-0.15, -0.1) is 0 Å². The number of hydrogen-bond donors (Lipinski definition) is 1. The molecule has 0 aliphatic carbocycles. The fraction of sp³-hybridized carbons (Fsp3) is 1.00. The van der Waals surface area contributed by atoms with E-state index in [0.717, 1.165) is 19.7 Å². The average Bonchev–Trinajstić information content (AvgIpc) is 2.32. The Balaban J connectivity index is 2.69. The molecule has 0 saturated carbocycles. The first-order chi connectivity index (χ1) is 8.07. The van der Waals surface area contributed by atoms with E-state index in [0.29, 0.717) is 12.1 Å². The first kappa shape index (κ1) is 14.9. The molecule has 1 aliphatic rings. The van der Waals surface area contributed by atoms with Crippen molar-refractivity contribution in [2.45, 2.75) is 64.6 Å². The molecule has 3 atom stereocenters. The molecule has 1 N–H and O–H groups in total. The predicted octanol–water partition coefficient (Wildman–Crippen LogP) is 2.26. The minimum atomic E-state index is 0.280. The Morgan fingerprint density at radius 3 is 2.71 bits per heavy atom. The van der Waals surface area contributed by atoms with Gasteiger partial charge in [0.2, 0.25) is 0 Å². The van der Waals surface area contributed by atoms with Crippen molar-refractivity contribution in [2.24, 2.45) is 0 Å². The molecule has 1 fully saturated rings. The van der Waals surface area contributed by atoms with Crippen LogP contribution in [0.1, 0.15) is 47.0 Å². The zero-order valence-electron chi connectivity index (χ0n) is 12.3. The summed E-state index contributed by atoms with van der Waals surface area (Å²) in [6.45, 7) is 12.3. The molecule has 17 heavy (non-hydrogen) atoms. The molecule has 102 valence electrons. The molecule has 0 aromatic rings. The number of piperazine rings is 1. The molecule has 0 radical (unpaired) electrons. The molecule has 0 aromatic carbocycles. The van der Waals surface area contributed by atoms with E-state index >= 15 is 0 Å². The average molecular weight is 242 g/mol. The van der Waals surface area contributed by atoms with Crippen molar-refractivity contribution >= 4 is 0 Å². The summed E-state index contributed by atoms with van der Waals surface area (Å²) in [5.41, 5.74) is 0.280. The number of methoxy groups -OCH3 is 1. The summed E-state index contributed by atoms with van der Waals surface area (Å²) in [6, 6.07) is 1.16. The summed E-state index contributed by atoms with van der Waals surface area (Å²) in [5, 5.41) is 3.71. The molecule has 3 nitrogen and oxygen atoms in total. The van der Waals surface area contributed by atoms with Gasteiger partial charge >= 0.3 is 0 Å². The van der Waals surface area contributed by atoms with Crippen LogP contribution in [-0.4, -0.2) is 49.3 Å². The molecule has 0 aromatic heterocycles. The largest absolute Gasteiger partial charge is 0.383 e. The predicted molar refractivity (Wildman–Crippen MR) is 73.4 cm³/mol. The van der Waals surface area contributed by atoms with E-state index in [4.69, 9.17) is 4.74 Å². The Kier molecular flexibility index (Phi) is 5.90. The van der Waals surface area contributed by atoms with E-state index in [-0.39, 0.29) is 5.54 Å². The summed E-state index contributed by atoms with van der Waals surface area (Å²) in [6.07, 6.45) is 3.72. The standard InChI is InChI=1S/C14H30N2O/c1-6-8-13-9-16(12(3)10-17-5)14(4,7-2)11-15-13/h12-13,15H,6-11H2,1-5H3. The quantitative estimate of drug-likeness (QED) is 0.773. The smallest absolute Gasteiger partial charge is 0.0615 e. The number of hydrogen-bond acceptors (Lipinski definition) is 3. The molecule has 3 unspecified atom stereocenters. The highest BCUT2D eigenvalue weighted by Crippen LogP contribution is 2.26. The number of ether oxygens (including phenoxy) is 1. The van der Waals surface area contributed by atoms with Gasteiger partial charge in [0.05, 0.1) is 6.61 Å². The number of nitrogens with one attached hydrogen (secondary N) is 1. The minimum Gasteiger partial charge on any atom is -0.383 e. The lowest BCUT2D eigenvalue weighted by molar-refractivity contribution is -0.0127. The van der Waals surface area contributed by atoms with E-state index < -0.39 is 0 Å². The Morgan fingerprint density at radius 2 is 2.18 bits per heavy atom. The molecule has 1 saturated heterocycles. The van der Waals surface area contributed by atoms with Crippen LogP contribution in [0.5, 0.6) is 0 Å². The molecule has 3 heteroatoms. The maximum absolute atomic E-state index is 5.33. The first-order valence-electron chi connectivity index (χ1n) is 7.06. The summed E-state index contributed by atoms with van der Waals surface area (Å²) in [7, 11) is 1.80. The maximum Gasteiger partial charge on any atom is 0.0615 e. The van der Waals surface area contributed by atoms with Gasteiger partial charge in [0, 0.05) is 37.8 Å². The second-order valence-corrected chi connectivity index (χ2v) is 5.67. The highest BCUT2D eigenvalue weighted by Gasteiger charge is 2.38. The Morgan fingerprint density at radius 1 is 1.47 bits per heavy atom. The maximum atomic E-state index is 5.33. The lowest BCUT2D eigenvalue weighted by Gasteiger charge is -2.50. The van der Waals surface area contributed by atoms with Gasteiger partial charge in [-0.1, -0.05) is 20.3 Å².